The standard InChI is InChI=1S/C16H20N2O4/c1-18(10-15-20-7-8-21-15)9-13-11-22-16(17-13)12-3-5-14(19-2)6-4-12/h3-6,11,15H,7-10H2,1-2H3. The Kier molecular flexibility index (Phi) is 4.72. The highest BCUT2D eigenvalue weighted by Gasteiger charge is 2.18. The van der Waals surface area contributed by atoms with Gasteiger partial charge < -0.3 is 18.6 Å². The molecule has 6 nitrogen and oxygen atoms in total. The summed E-state index contributed by atoms with van der Waals surface area (Å²) < 4.78 is 21.6. The lowest BCUT2D eigenvalue weighted by Gasteiger charge is -2.18. The number of hydrogen-bond acceptors (Lipinski definition) is 6. The number of benzene rings is 1. The fourth-order valence-electron chi connectivity index (χ4n) is 2.35. The van der Waals surface area contributed by atoms with Crippen LogP contribution in [0.4, 0.5) is 0 Å². The molecule has 1 aliphatic rings. The minimum Gasteiger partial charge on any atom is -0.497 e. The highest BCUT2D eigenvalue weighted by molar-refractivity contribution is 5.54. The molecular formula is C16H20N2O4. The Bertz CT molecular complexity index is 590. The predicted octanol–water partition coefficient (Wildman–Crippen LogP) is 2.15. The average molecular weight is 304 g/mol. The molecule has 0 saturated carbocycles. The normalized spacial score (nSPS) is 15.6. The molecular weight excluding hydrogens is 284 g/mol. The van der Waals surface area contributed by atoms with Crippen molar-refractivity contribution in [3.8, 4) is 17.2 Å². The number of rotatable bonds is 6. The van der Waals surface area contributed by atoms with E-state index in [9.17, 15) is 0 Å². The van der Waals surface area contributed by atoms with Crippen LogP contribution in [0.2, 0.25) is 0 Å². The Morgan fingerprint density at radius 3 is 2.64 bits per heavy atom. The summed E-state index contributed by atoms with van der Waals surface area (Å²) in [5.74, 6) is 1.42. The quantitative estimate of drug-likeness (QED) is 0.815. The minimum atomic E-state index is -0.141. The van der Waals surface area contributed by atoms with Gasteiger partial charge in [-0.3, -0.25) is 4.90 Å². The Hall–Kier alpha value is -1.89. The van der Waals surface area contributed by atoms with Crippen LogP contribution in [0, 0.1) is 0 Å². The van der Waals surface area contributed by atoms with Gasteiger partial charge in [-0.1, -0.05) is 0 Å². The molecule has 2 heterocycles. The first-order valence-corrected chi connectivity index (χ1v) is 7.25. The zero-order valence-corrected chi connectivity index (χ0v) is 12.8. The molecule has 0 bridgehead atoms. The smallest absolute Gasteiger partial charge is 0.226 e. The van der Waals surface area contributed by atoms with E-state index >= 15 is 0 Å². The second-order valence-electron chi connectivity index (χ2n) is 5.24. The summed E-state index contributed by atoms with van der Waals surface area (Å²) in [6, 6.07) is 7.64. The maximum atomic E-state index is 5.55. The number of aromatic nitrogens is 1. The van der Waals surface area contributed by atoms with Crippen LogP contribution in [0.25, 0.3) is 11.5 Å². The van der Waals surface area contributed by atoms with Gasteiger partial charge in [0, 0.05) is 18.7 Å². The molecule has 2 aromatic rings. The average Bonchev–Trinajstić information content (AvgIpc) is 3.19. The van der Waals surface area contributed by atoms with Crippen molar-refractivity contribution in [2.45, 2.75) is 12.8 Å². The Morgan fingerprint density at radius 2 is 1.95 bits per heavy atom. The molecule has 118 valence electrons. The molecule has 0 atom stereocenters. The fourth-order valence-corrected chi connectivity index (χ4v) is 2.35. The number of ether oxygens (including phenoxy) is 3. The van der Waals surface area contributed by atoms with Crippen LogP contribution >= 0.6 is 0 Å². The number of nitrogens with zero attached hydrogens (tertiary/aromatic N) is 2. The molecule has 22 heavy (non-hydrogen) atoms. The second-order valence-corrected chi connectivity index (χ2v) is 5.24. The molecule has 0 aliphatic carbocycles. The lowest BCUT2D eigenvalue weighted by atomic mass is 10.2. The van der Waals surface area contributed by atoms with Crippen LogP contribution in [0.3, 0.4) is 0 Å². The summed E-state index contributed by atoms with van der Waals surface area (Å²) in [6.45, 7) is 2.74. The molecule has 0 spiro atoms. The highest BCUT2D eigenvalue weighted by Crippen LogP contribution is 2.22. The molecule has 6 heteroatoms. The van der Waals surface area contributed by atoms with E-state index in [1.54, 1.807) is 13.4 Å². The second kappa shape index (κ2) is 6.91. The third-order valence-electron chi connectivity index (χ3n) is 3.47. The van der Waals surface area contributed by atoms with Crippen molar-refractivity contribution in [1.29, 1.82) is 0 Å². The largest absolute Gasteiger partial charge is 0.497 e. The van der Waals surface area contributed by atoms with Gasteiger partial charge in [-0.05, 0) is 31.3 Å². The molecule has 1 aromatic heterocycles. The van der Waals surface area contributed by atoms with Gasteiger partial charge in [-0.2, -0.15) is 0 Å². The van der Waals surface area contributed by atoms with E-state index in [1.807, 2.05) is 31.3 Å². The first-order chi connectivity index (χ1) is 10.7. The molecule has 1 fully saturated rings. The van der Waals surface area contributed by atoms with E-state index in [4.69, 9.17) is 18.6 Å². The Morgan fingerprint density at radius 1 is 1.23 bits per heavy atom. The van der Waals surface area contributed by atoms with Crippen LogP contribution in [-0.2, 0) is 16.0 Å². The van der Waals surface area contributed by atoms with Gasteiger partial charge in [-0.15, -0.1) is 0 Å². The van der Waals surface area contributed by atoms with Crippen LogP contribution < -0.4 is 4.74 Å². The van der Waals surface area contributed by atoms with Gasteiger partial charge in [0.1, 0.15) is 12.0 Å². The van der Waals surface area contributed by atoms with Crippen molar-refractivity contribution in [3.63, 3.8) is 0 Å². The Labute approximate surface area is 129 Å². The van der Waals surface area contributed by atoms with Gasteiger partial charge >= 0.3 is 0 Å². The SMILES string of the molecule is COc1ccc(-c2nc(CN(C)CC3OCCO3)co2)cc1. The van der Waals surface area contributed by atoms with E-state index in [2.05, 4.69) is 9.88 Å². The van der Waals surface area contributed by atoms with Gasteiger partial charge in [0.2, 0.25) is 5.89 Å². The summed E-state index contributed by atoms with van der Waals surface area (Å²) >= 11 is 0. The third-order valence-corrected chi connectivity index (χ3v) is 3.47. The van der Waals surface area contributed by atoms with E-state index in [-0.39, 0.29) is 6.29 Å². The molecule has 3 rings (SSSR count). The van der Waals surface area contributed by atoms with E-state index in [0.29, 0.717) is 32.2 Å². The van der Waals surface area contributed by atoms with Crippen LogP contribution in [0.5, 0.6) is 5.75 Å². The summed E-state index contributed by atoms with van der Waals surface area (Å²) in [6.07, 6.45) is 1.55. The lowest BCUT2D eigenvalue weighted by molar-refractivity contribution is -0.0593. The fraction of sp³-hybridized carbons (Fsp3) is 0.438. The molecule has 1 saturated heterocycles. The van der Waals surface area contributed by atoms with Gasteiger partial charge in [0.15, 0.2) is 6.29 Å². The predicted molar refractivity (Wildman–Crippen MR) is 80.5 cm³/mol. The van der Waals surface area contributed by atoms with Gasteiger partial charge in [0.05, 0.1) is 26.0 Å². The van der Waals surface area contributed by atoms with Crippen molar-refractivity contribution >= 4 is 0 Å². The maximum absolute atomic E-state index is 5.55. The molecule has 1 aromatic carbocycles. The highest BCUT2D eigenvalue weighted by atomic mass is 16.7. The molecule has 0 amide bonds. The van der Waals surface area contributed by atoms with E-state index < -0.39 is 0 Å². The monoisotopic (exact) mass is 304 g/mol. The number of oxazole rings is 1. The number of hydrogen-bond donors (Lipinski definition) is 0. The molecule has 1 aliphatic heterocycles. The van der Waals surface area contributed by atoms with Crippen LogP contribution in [0.15, 0.2) is 34.9 Å². The topological polar surface area (TPSA) is 57.0 Å². The lowest BCUT2D eigenvalue weighted by Crippen LogP contribution is -2.29. The minimum absolute atomic E-state index is 0.141. The molecule has 0 N–H and O–H groups in total. The first kappa shape index (κ1) is 15.0. The van der Waals surface area contributed by atoms with Crippen molar-refractivity contribution in [2.24, 2.45) is 0 Å². The van der Waals surface area contributed by atoms with Crippen LogP contribution in [-0.4, -0.2) is 50.1 Å². The summed E-state index contributed by atoms with van der Waals surface area (Å²) in [5, 5.41) is 0. The van der Waals surface area contributed by atoms with Crippen molar-refractivity contribution in [2.75, 3.05) is 33.9 Å². The Balaban J connectivity index is 1.60. The maximum Gasteiger partial charge on any atom is 0.226 e. The van der Waals surface area contributed by atoms with Crippen LogP contribution in [0.1, 0.15) is 5.69 Å². The third kappa shape index (κ3) is 3.65. The van der Waals surface area contributed by atoms with Crippen molar-refractivity contribution < 1.29 is 18.6 Å². The zero-order valence-electron chi connectivity index (χ0n) is 12.8. The van der Waals surface area contributed by atoms with Gasteiger partial charge in [-0.25, -0.2) is 4.98 Å². The summed E-state index contributed by atoms with van der Waals surface area (Å²) in [4.78, 5) is 6.62. The van der Waals surface area contributed by atoms with Crippen molar-refractivity contribution in [1.82, 2.24) is 9.88 Å². The van der Waals surface area contributed by atoms with Crippen molar-refractivity contribution in [3.05, 3.63) is 36.2 Å². The number of likely N-dealkylation sites (N-methyl/N-ethyl adjacent to an activating group) is 1. The van der Waals surface area contributed by atoms with E-state index in [1.165, 1.54) is 0 Å². The zero-order chi connectivity index (χ0) is 15.4. The summed E-state index contributed by atoms with van der Waals surface area (Å²) in [5.41, 5.74) is 1.81. The summed E-state index contributed by atoms with van der Waals surface area (Å²) in [7, 11) is 3.65. The number of methoxy groups -OCH3 is 1. The molecule has 0 radical (unpaired) electrons. The van der Waals surface area contributed by atoms with Gasteiger partial charge in [0.25, 0.3) is 0 Å². The molecule has 0 unspecified atom stereocenters. The first-order valence-electron chi connectivity index (χ1n) is 7.25. The van der Waals surface area contributed by atoms with E-state index in [0.717, 1.165) is 17.0 Å².